The SMILES string of the molecule is CCc1ccc(OP(=O)(Oc2ccc(C)cc2)Oc2ccc3ccccc3c2)cc1. The molecular weight excluding hydrogens is 395 g/mol. The van der Waals surface area contributed by atoms with Crippen molar-refractivity contribution in [3.8, 4) is 17.2 Å². The van der Waals surface area contributed by atoms with Gasteiger partial charge in [-0.1, -0.05) is 67.1 Å². The molecule has 0 spiro atoms. The van der Waals surface area contributed by atoms with E-state index >= 15 is 0 Å². The van der Waals surface area contributed by atoms with E-state index < -0.39 is 7.82 Å². The summed E-state index contributed by atoms with van der Waals surface area (Å²) in [4.78, 5) is 0. The summed E-state index contributed by atoms with van der Waals surface area (Å²) < 4.78 is 31.0. The van der Waals surface area contributed by atoms with Crippen molar-refractivity contribution in [2.45, 2.75) is 20.3 Å². The molecule has 4 nitrogen and oxygen atoms in total. The largest absolute Gasteiger partial charge is 0.647 e. The summed E-state index contributed by atoms with van der Waals surface area (Å²) in [5.74, 6) is 1.24. The Hall–Kier alpha value is -3.23. The molecule has 0 fully saturated rings. The standard InChI is InChI=1S/C25H23O4P/c1-3-20-10-15-24(16-11-20)28-30(26,27-23-13-8-19(2)9-14-23)29-25-17-12-21-6-4-5-7-22(21)18-25/h4-18H,3H2,1-2H3. The molecule has 5 heteroatoms. The van der Waals surface area contributed by atoms with Gasteiger partial charge >= 0.3 is 7.82 Å². The number of hydrogen-bond acceptors (Lipinski definition) is 4. The van der Waals surface area contributed by atoms with Gasteiger partial charge in [0.2, 0.25) is 0 Å². The van der Waals surface area contributed by atoms with Gasteiger partial charge in [0.25, 0.3) is 0 Å². The summed E-state index contributed by atoms with van der Waals surface area (Å²) >= 11 is 0. The molecular formula is C25H23O4P. The van der Waals surface area contributed by atoms with Crippen LogP contribution in [0.15, 0.2) is 91.0 Å². The van der Waals surface area contributed by atoms with Gasteiger partial charge in [-0.25, -0.2) is 0 Å². The van der Waals surface area contributed by atoms with Gasteiger partial charge < -0.3 is 13.6 Å². The predicted molar refractivity (Wildman–Crippen MR) is 120 cm³/mol. The second-order valence-corrected chi connectivity index (χ2v) is 8.48. The summed E-state index contributed by atoms with van der Waals surface area (Å²) in [6.45, 7) is 4.05. The molecule has 0 bridgehead atoms. The highest BCUT2D eigenvalue weighted by molar-refractivity contribution is 7.49. The molecule has 1 atom stereocenters. The number of rotatable bonds is 7. The first-order chi connectivity index (χ1) is 14.5. The van der Waals surface area contributed by atoms with Gasteiger partial charge in [-0.3, -0.25) is 0 Å². The molecule has 0 amide bonds. The van der Waals surface area contributed by atoms with Crippen LogP contribution in [0.3, 0.4) is 0 Å². The van der Waals surface area contributed by atoms with E-state index in [0.717, 1.165) is 28.3 Å². The molecule has 4 aromatic rings. The normalized spacial score (nSPS) is 12.9. The van der Waals surface area contributed by atoms with Crippen LogP contribution in [0.4, 0.5) is 0 Å². The van der Waals surface area contributed by atoms with Crippen LogP contribution in [0.1, 0.15) is 18.1 Å². The monoisotopic (exact) mass is 418 g/mol. The van der Waals surface area contributed by atoms with Crippen LogP contribution < -0.4 is 13.6 Å². The molecule has 152 valence electrons. The number of fused-ring (bicyclic) bond motifs is 1. The Labute approximate surface area is 176 Å². The molecule has 4 rings (SSSR count). The summed E-state index contributed by atoms with van der Waals surface area (Å²) in [5.41, 5.74) is 2.23. The molecule has 0 aliphatic heterocycles. The maximum Gasteiger partial charge on any atom is 0.647 e. The van der Waals surface area contributed by atoms with E-state index in [1.54, 1.807) is 30.3 Å². The van der Waals surface area contributed by atoms with E-state index in [4.69, 9.17) is 13.6 Å². The third-order valence-corrected chi connectivity index (χ3v) is 6.03. The molecule has 0 aliphatic rings. The average molecular weight is 418 g/mol. The Balaban J connectivity index is 1.65. The van der Waals surface area contributed by atoms with Gasteiger partial charge in [-0.05, 0) is 66.1 Å². The highest BCUT2D eigenvalue weighted by Gasteiger charge is 2.33. The maximum absolute atomic E-state index is 13.6. The lowest BCUT2D eigenvalue weighted by Gasteiger charge is -2.20. The van der Waals surface area contributed by atoms with Gasteiger partial charge in [0.1, 0.15) is 17.2 Å². The molecule has 0 radical (unpaired) electrons. The number of aryl methyl sites for hydroxylation is 2. The first-order valence-electron chi connectivity index (χ1n) is 9.86. The van der Waals surface area contributed by atoms with Crippen molar-refractivity contribution in [1.82, 2.24) is 0 Å². The van der Waals surface area contributed by atoms with E-state index in [-0.39, 0.29) is 0 Å². The van der Waals surface area contributed by atoms with E-state index in [1.807, 2.05) is 67.6 Å². The predicted octanol–water partition coefficient (Wildman–Crippen LogP) is 7.36. The fourth-order valence-corrected chi connectivity index (χ4v) is 4.30. The van der Waals surface area contributed by atoms with E-state index in [0.29, 0.717) is 17.2 Å². The molecule has 0 saturated heterocycles. The lowest BCUT2D eigenvalue weighted by molar-refractivity contribution is 0.298. The minimum Gasteiger partial charge on any atom is -0.386 e. The first-order valence-corrected chi connectivity index (χ1v) is 11.3. The molecule has 1 unspecified atom stereocenters. The Kier molecular flexibility index (Phi) is 5.78. The van der Waals surface area contributed by atoms with Crippen LogP contribution >= 0.6 is 7.82 Å². The molecule has 0 aromatic heterocycles. The Morgan fingerprint density at radius 3 is 1.83 bits per heavy atom. The highest BCUT2D eigenvalue weighted by atomic mass is 31.2. The minimum absolute atomic E-state index is 0.411. The maximum atomic E-state index is 13.6. The van der Waals surface area contributed by atoms with Crippen LogP contribution in [-0.2, 0) is 11.0 Å². The number of benzene rings is 4. The number of phosphoric acid groups is 1. The number of hydrogen-bond donors (Lipinski definition) is 0. The van der Waals surface area contributed by atoms with Gasteiger partial charge in [-0.15, -0.1) is 0 Å². The first kappa shape index (κ1) is 20.1. The minimum atomic E-state index is -4.00. The molecule has 0 aliphatic carbocycles. The van der Waals surface area contributed by atoms with Crippen molar-refractivity contribution in [2.75, 3.05) is 0 Å². The van der Waals surface area contributed by atoms with Crippen molar-refractivity contribution in [2.24, 2.45) is 0 Å². The van der Waals surface area contributed by atoms with Crippen molar-refractivity contribution in [1.29, 1.82) is 0 Å². The molecule has 0 N–H and O–H groups in total. The molecule has 0 saturated carbocycles. The molecule has 0 heterocycles. The third-order valence-electron chi connectivity index (χ3n) is 4.73. The van der Waals surface area contributed by atoms with E-state index in [9.17, 15) is 4.57 Å². The summed E-state index contributed by atoms with van der Waals surface area (Å²) in [5, 5.41) is 2.04. The Bertz CT molecular complexity index is 1180. The van der Waals surface area contributed by atoms with Gasteiger partial charge in [0, 0.05) is 0 Å². The Morgan fingerprint density at radius 2 is 1.20 bits per heavy atom. The van der Waals surface area contributed by atoms with Crippen LogP contribution in [0, 0.1) is 6.92 Å². The van der Waals surface area contributed by atoms with Crippen molar-refractivity contribution in [3.63, 3.8) is 0 Å². The van der Waals surface area contributed by atoms with Crippen molar-refractivity contribution in [3.05, 3.63) is 102 Å². The van der Waals surface area contributed by atoms with Gasteiger partial charge in [-0.2, -0.15) is 4.57 Å². The second kappa shape index (κ2) is 8.64. The molecule has 4 aromatic carbocycles. The van der Waals surface area contributed by atoms with Crippen LogP contribution in [0.2, 0.25) is 0 Å². The smallest absolute Gasteiger partial charge is 0.386 e. The van der Waals surface area contributed by atoms with Crippen LogP contribution in [0.25, 0.3) is 10.8 Å². The fourth-order valence-electron chi connectivity index (χ4n) is 3.05. The fraction of sp³-hybridized carbons (Fsp3) is 0.120. The zero-order valence-corrected chi connectivity index (χ0v) is 17.8. The van der Waals surface area contributed by atoms with E-state index in [2.05, 4.69) is 6.92 Å². The van der Waals surface area contributed by atoms with Crippen molar-refractivity contribution >= 4 is 18.6 Å². The average Bonchev–Trinajstić information content (AvgIpc) is 2.76. The zero-order chi connectivity index (χ0) is 21.0. The van der Waals surface area contributed by atoms with E-state index in [1.165, 1.54) is 0 Å². The topological polar surface area (TPSA) is 44.8 Å². The highest BCUT2D eigenvalue weighted by Crippen LogP contribution is 2.50. The van der Waals surface area contributed by atoms with Crippen LogP contribution in [-0.4, -0.2) is 0 Å². The lowest BCUT2D eigenvalue weighted by atomic mass is 10.1. The summed E-state index contributed by atoms with van der Waals surface area (Å²) in [7, 11) is -4.00. The molecule has 30 heavy (non-hydrogen) atoms. The summed E-state index contributed by atoms with van der Waals surface area (Å²) in [6.07, 6.45) is 0.908. The van der Waals surface area contributed by atoms with Crippen LogP contribution in [0.5, 0.6) is 17.2 Å². The van der Waals surface area contributed by atoms with Gasteiger partial charge in [0.05, 0.1) is 0 Å². The lowest BCUT2D eigenvalue weighted by Crippen LogP contribution is -2.07. The zero-order valence-electron chi connectivity index (χ0n) is 16.9. The van der Waals surface area contributed by atoms with Crippen molar-refractivity contribution < 1.29 is 18.1 Å². The Morgan fingerprint density at radius 1 is 0.667 bits per heavy atom. The third kappa shape index (κ3) is 4.84. The van der Waals surface area contributed by atoms with Gasteiger partial charge in [0.15, 0.2) is 0 Å². The second-order valence-electron chi connectivity index (χ2n) is 7.04. The summed E-state index contributed by atoms with van der Waals surface area (Å²) in [6, 6.07) is 28.0. The quantitative estimate of drug-likeness (QED) is 0.294. The number of phosphoric ester groups is 1.